The van der Waals surface area contributed by atoms with E-state index in [0.29, 0.717) is 16.8 Å². The Kier molecular flexibility index (Phi) is 6.68. The molecule has 2 N–H and O–H groups in total. The fraction of sp³-hybridized carbons (Fsp3) is 0.0952. The number of anilines is 2. The second-order valence-electron chi connectivity index (χ2n) is 7.08. The van der Waals surface area contributed by atoms with E-state index in [0.717, 1.165) is 17.7 Å². The van der Waals surface area contributed by atoms with Crippen molar-refractivity contribution in [3.63, 3.8) is 0 Å². The van der Waals surface area contributed by atoms with Crippen molar-refractivity contribution in [1.29, 1.82) is 0 Å². The minimum atomic E-state index is -4.23. The van der Waals surface area contributed by atoms with Gasteiger partial charge in [0, 0.05) is 29.8 Å². The topological polar surface area (TPSA) is 157 Å². The molecule has 0 aliphatic rings. The summed E-state index contributed by atoms with van der Waals surface area (Å²) < 4.78 is 28.6. The van der Waals surface area contributed by atoms with Crippen LogP contribution in [0, 0.1) is 34.1 Å². The molecular weight excluding hydrogens is 450 g/mol. The smallest absolute Gasteiger partial charge is 0.270 e. The molecule has 3 rings (SSSR count). The first-order chi connectivity index (χ1) is 15.6. The normalized spacial score (nSPS) is 11.3. The van der Waals surface area contributed by atoms with Crippen molar-refractivity contribution in [2.45, 2.75) is 18.7 Å². The number of hydrogen-bond acceptors (Lipinski definition) is 8. The van der Waals surface area contributed by atoms with Crippen LogP contribution in [0.3, 0.4) is 0 Å². The van der Waals surface area contributed by atoms with Gasteiger partial charge in [0.2, 0.25) is 0 Å². The highest BCUT2D eigenvalue weighted by Crippen LogP contribution is 2.29. The zero-order valence-electron chi connectivity index (χ0n) is 17.6. The van der Waals surface area contributed by atoms with Crippen molar-refractivity contribution in [2.24, 2.45) is 5.10 Å². The Labute approximate surface area is 189 Å². The van der Waals surface area contributed by atoms with Crippen molar-refractivity contribution in [1.82, 2.24) is 0 Å². The first-order valence-corrected chi connectivity index (χ1v) is 11.0. The standard InChI is InChI=1S/C21H19N5O6S/c1-14-6-8-19(15(2)10-14)24-33(31,32)21-12-18(26(29)30)7-9-20(21)23-22-13-16-4-3-5-17(11-16)25(27)28/h3-13,23-24H,1-2H3/b22-13+. The van der Waals surface area contributed by atoms with Crippen LogP contribution in [0.1, 0.15) is 16.7 Å². The first kappa shape index (κ1) is 23.3. The summed E-state index contributed by atoms with van der Waals surface area (Å²) in [7, 11) is -4.23. The molecular formula is C21H19N5O6S. The molecule has 0 aliphatic heterocycles. The minimum Gasteiger partial charge on any atom is -0.279 e. The van der Waals surface area contributed by atoms with Crippen LogP contribution in [-0.2, 0) is 10.0 Å². The Hall–Kier alpha value is -4.32. The largest absolute Gasteiger partial charge is 0.279 e. The van der Waals surface area contributed by atoms with E-state index < -0.39 is 25.6 Å². The number of rotatable bonds is 8. The van der Waals surface area contributed by atoms with E-state index in [9.17, 15) is 28.6 Å². The predicted octanol–water partition coefficient (Wildman–Crippen LogP) is 4.37. The third-order valence-electron chi connectivity index (χ3n) is 4.57. The summed E-state index contributed by atoms with van der Waals surface area (Å²) >= 11 is 0. The summed E-state index contributed by atoms with van der Waals surface area (Å²) in [5.74, 6) is 0. The van der Waals surface area contributed by atoms with Gasteiger partial charge in [0.15, 0.2) is 0 Å². The molecule has 0 radical (unpaired) electrons. The van der Waals surface area contributed by atoms with Gasteiger partial charge in [-0.25, -0.2) is 8.42 Å². The third-order valence-corrected chi connectivity index (χ3v) is 5.98. The van der Waals surface area contributed by atoms with Gasteiger partial charge in [-0.15, -0.1) is 0 Å². The molecule has 12 heteroatoms. The lowest BCUT2D eigenvalue weighted by Crippen LogP contribution is -2.16. The van der Waals surface area contributed by atoms with Crippen molar-refractivity contribution in [2.75, 3.05) is 10.1 Å². The highest BCUT2D eigenvalue weighted by Gasteiger charge is 2.23. The fourth-order valence-corrected chi connectivity index (χ4v) is 4.27. The van der Waals surface area contributed by atoms with E-state index >= 15 is 0 Å². The monoisotopic (exact) mass is 469 g/mol. The van der Waals surface area contributed by atoms with Crippen molar-refractivity contribution in [3.05, 3.63) is 97.6 Å². The summed E-state index contributed by atoms with van der Waals surface area (Å²) in [4.78, 5) is 20.5. The molecule has 3 aromatic rings. The van der Waals surface area contributed by atoms with Gasteiger partial charge in [-0.2, -0.15) is 5.10 Å². The van der Waals surface area contributed by atoms with Gasteiger partial charge in [-0.3, -0.25) is 30.4 Å². The zero-order chi connectivity index (χ0) is 24.2. The summed E-state index contributed by atoms with van der Waals surface area (Å²) in [6.45, 7) is 3.61. The molecule has 0 amide bonds. The maximum atomic E-state index is 13.1. The van der Waals surface area contributed by atoms with Crippen molar-refractivity contribution < 1.29 is 18.3 Å². The van der Waals surface area contributed by atoms with Crippen LogP contribution in [0.15, 0.2) is 70.7 Å². The average Bonchev–Trinajstić information content (AvgIpc) is 2.76. The lowest BCUT2D eigenvalue weighted by atomic mass is 10.1. The number of nitro benzene ring substituents is 2. The molecule has 0 bridgehead atoms. The molecule has 33 heavy (non-hydrogen) atoms. The number of nitro groups is 2. The molecule has 0 spiro atoms. The van der Waals surface area contributed by atoms with E-state index in [-0.39, 0.29) is 16.3 Å². The van der Waals surface area contributed by atoms with E-state index in [1.54, 1.807) is 31.2 Å². The van der Waals surface area contributed by atoms with Gasteiger partial charge in [-0.1, -0.05) is 29.8 Å². The molecule has 0 saturated heterocycles. The third kappa shape index (κ3) is 5.68. The number of non-ortho nitro benzene ring substituents is 2. The Morgan fingerprint density at radius 1 is 0.879 bits per heavy atom. The predicted molar refractivity (Wildman–Crippen MR) is 124 cm³/mol. The van der Waals surface area contributed by atoms with Crippen LogP contribution < -0.4 is 10.1 Å². The summed E-state index contributed by atoms with van der Waals surface area (Å²) in [6.07, 6.45) is 1.27. The molecule has 0 unspecified atom stereocenters. The highest BCUT2D eigenvalue weighted by atomic mass is 32.2. The van der Waals surface area contributed by atoms with Crippen LogP contribution >= 0.6 is 0 Å². The van der Waals surface area contributed by atoms with Crippen LogP contribution in [0.5, 0.6) is 0 Å². The maximum Gasteiger partial charge on any atom is 0.270 e. The molecule has 3 aromatic carbocycles. The molecule has 0 atom stereocenters. The molecule has 0 aliphatic carbocycles. The Morgan fingerprint density at radius 3 is 2.21 bits per heavy atom. The zero-order valence-corrected chi connectivity index (χ0v) is 18.4. The second-order valence-corrected chi connectivity index (χ2v) is 8.73. The van der Waals surface area contributed by atoms with Gasteiger partial charge in [0.25, 0.3) is 21.4 Å². The molecule has 11 nitrogen and oxygen atoms in total. The fourth-order valence-electron chi connectivity index (χ4n) is 2.96. The lowest BCUT2D eigenvalue weighted by molar-refractivity contribution is -0.385. The number of hydrazone groups is 1. The first-order valence-electron chi connectivity index (χ1n) is 9.49. The summed E-state index contributed by atoms with van der Waals surface area (Å²) in [5, 5.41) is 26.0. The number of sulfonamides is 1. The van der Waals surface area contributed by atoms with Gasteiger partial charge in [-0.05, 0) is 31.5 Å². The second kappa shape index (κ2) is 9.44. The van der Waals surface area contributed by atoms with Gasteiger partial charge in [0.1, 0.15) is 4.90 Å². The maximum absolute atomic E-state index is 13.1. The molecule has 170 valence electrons. The minimum absolute atomic E-state index is 0.0143. The van der Waals surface area contributed by atoms with E-state index in [1.165, 1.54) is 30.5 Å². The molecule has 0 heterocycles. The lowest BCUT2D eigenvalue weighted by Gasteiger charge is -2.14. The van der Waals surface area contributed by atoms with E-state index in [1.807, 2.05) is 6.92 Å². The van der Waals surface area contributed by atoms with E-state index in [2.05, 4.69) is 15.2 Å². The number of benzene rings is 3. The Bertz CT molecular complexity index is 1370. The van der Waals surface area contributed by atoms with Crippen LogP contribution in [0.2, 0.25) is 0 Å². The molecule has 0 aromatic heterocycles. The summed E-state index contributed by atoms with van der Waals surface area (Å²) in [5.41, 5.74) is 4.36. The van der Waals surface area contributed by atoms with Gasteiger partial charge < -0.3 is 0 Å². The van der Waals surface area contributed by atoms with Gasteiger partial charge >= 0.3 is 0 Å². The summed E-state index contributed by atoms with van der Waals surface area (Å²) in [6, 6.07) is 14.1. The average molecular weight is 469 g/mol. The van der Waals surface area contributed by atoms with Crippen molar-refractivity contribution in [3.8, 4) is 0 Å². The Balaban J connectivity index is 1.95. The van der Waals surface area contributed by atoms with Crippen LogP contribution in [0.25, 0.3) is 0 Å². The Morgan fingerprint density at radius 2 is 1.55 bits per heavy atom. The van der Waals surface area contributed by atoms with Crippen LogP contribution in [-0.4, -0.2) is 24.5 Å². The quantitative estimate of drug-likeness (QED) is 0.282. The molecule has 0 fully saturated rings. The molecule has 0 saturated carbocycles. The van der Waals surface area contributed by atoms with E-state index in [4.69, 9.17) is 0 Å². The van der Waals surface area contributed by atoms with Crippen LogP contribution in [0.4, 0.5) is 22.7 Å². The number of hydrogen-bond donors (Lipinski definition) is 2. The number of aryl methyl sites for hydroxylation is 2. The number of nitrogens with zero attached hydrogens (tertiary/aromatic N) is 3. The number of nitrogens with one attached hydrogen (secondary N) is 2. The SMILES string of the molecule is Cc1ccc(NS(=O)(=O)c2cc([N+](=O)[O-])ccc2N/N=C/c2cccc([N+](=O)[O-])c2)c(C)c1. The van der Waals surface area contributed by atoms with Crippen molar-refractivity contribution >= 4 is 39.0 Å². The van der Waals surface area contributed by atoms with Gasteiger partial charge in [0.05, 0.1) is 27.4 Å². The highest BCUT2D eigenvalue weighted by molar-refractivity contribution is 7.92.